The molecule has 1 aromatic heterocycles. The first-order chi connectivity index (χ1) is 11.1. The van der Waals surface area contributed by atoms with E-state index in [0.717, 1.165) is 18.6 Å². The molecule has 1 saturated carbocycles. The molecule has 2 aromatic rings. The zero-order chi connectivity index (χ0) is 16.4. The lowest BCUT2D eigenvalue weighted by Gasteiger charge is -2.22. The van der Waals surface area contributed by atoms with Crippen molar-refractivity contribution < 1.29 is 18.7 Å². The third kappa shape index (κ3) is 3.29. The van der Waals surface area contributed by atoms with Crippen molar-refractivity contribution in [3.63, 3.8) is 0 Å². The van der Waals surface area contributed by atoms with Gasteiger partial charge in [-0.2, -0.15) is 0 Å². The Balaban J connectivity index is 1.89. The van der Waals surface area contributed by atoms with Crippen LogP contribution >= 0.6 is 11.6 Å². The molecule has 0 saturated heterocycles. The number of rotatable bonds is 6. The van der Waals surface area contributed by atoms with Gasteiger partial charge in [0.25, 0.3) is 5.91 Å². The summed E-state index contributed by atoms with van der Waals surface area (Å²) in [5.74, 6) is 1.54. The van der Waals surface area contributed by atoms with Crippen molar-refractivity contribution in [3.8, 4) is 11.5 Å². The number of hydrogen-bond donors (Lipinski definition) is 0. The third-order valence-electron chi connectivity index (χ3n) is 3.84. The molecule has 1 amide bonds. The van der Waals surface area contributed by atoms with E-state index >= 15 is 0 Å². The van der Waals surface area contributed by atoms with Gasteiger partial charge in [0.2, 0.25) is 0 Å². The Morgan fingerprint density at radius 3 is 2.70 bits per heavy atom. The predicted molar refractivity (Wildman–Crippen MR) is 86.2 cm³/mol. The Morgan fingerprint density at radius 1 is 1.35 bits per heavy atom. The normalized spacial score (nSPS) is 13.7. The van der Waals surface area contributed by atoms with Crippen LogP contribution in [-0.2, 0) is 6.54 Å². The summed E-state index contributed by atoms with van der Waals surface area (Å²) in [5, 5.41) is 0.351. The quantitative estimate of drug-likeness (QED) is 0.806. The van der Waals surface area contributed by atoms with Crippen LogP contribution in [0.15, 0.2) is 34.9 Å². The fraction of sp³-hybridized carbons (Fsp3) is 0.353. The van der Waals surface area contributed by atoms with Crippen LogP contribution in [0.3, 0.4) is 0 Å². The molecular formula is C17H18ClNO4. The summed E-state index contributed by atoms with van der Waals surface area (Å²) >= 11 is 6.21. The van der Waals surface area contributed by atoms with Gasteiger partial charge < -0.3 is 18.8 Å². The van der Waals surface area contributed by atoms with Crippen LogP contribution in [0.4, 0.5) is 0 Å². The van der Waals surface area contributed by atoms with Gasteiger partial charge in [0.15, 0.2) is 11.5 Å². The van der Waals surface area contributed by atoms with Crippen LogP contribution in [0.2, 0.25) is 5.02 Å². The fourth-order valence-electron chi connectivity index (χ4n) is 2.53. The van der Waals surface area contributed by atoms with Crippen LogP contribution in [0, 0.1) is 0 Å². The minimum Gasteiger partial charge on any atom is -0.493 e. The molecule has 0 bridgehead atoms. The van der Waals surface area contributed by atoms with Crippen molar-refractivity contribution in [2.75, 3.05) is 14.2 Å². The minimum atomic E-state index is -0.0910. The summed E-state index contributed by atoms with van der Waals surface area (Å²) in [6.45, 7) is 0.447. The topological polar surface area (TPSA) is 51.9 Å². The highest BCUT2D eigenvalue weighted by Gasteiger charge is 2.34. The molecule has 0 N–H and O–H groups in total. The van der Waals surface area contributed by atoms with E-state index in [1.54, 1.807) is 18.4 Å². The van der Waals surface area contributed by atoms with E-state index in [9.17, 15) is 4.79 Å². The second-order valence-corrected chi connectivity index (χ2v) is 5.84. The van der Waals surface area contributed by atoms with Crippen LogP contribution in [0.25, 0.3) is 0 Å². The molecule has 0 spiro atoms. The maximum absolute atomic E-state index is 12.9. The van der Waals surface area contributed by atoms with Crippen LogP contribution in [0.5, 0.6) is 11.5 Å². The first-order valence-electron chi connectivity index (χ1n) is 7.39. The number of halogens is 1. The summed E-state index contributed by atoms with van der Waals surface area (Å²) in [4.78, 5) is 14.7. The largest absolute Gasteiger partial charge is 0.493 e. The molecule has 1 fully saturated rings. The predicted octanol–water partition coefficient (Wildman–Crippen LogP) is 3.76. The highest BCUT2D eigenvalue weighted by atomic mass is 35.5. The Hall–Kier alpha value is -2.14. The average molecular weight is 336 g/mol. The number of hydrogen-bond acceptors (Lipinski definition) is 4. The summed E-state index contributed by atoms with van der Waals surface area (Å²) in [6.07, 6.45) is 3.62. The molecule has 1 aliphatic carbocycles. The lowest BCUT2D eigenvalue weighted by atomic mass is 10.1. The molecule has 5 nitrogen and oxygen atoms in total. The molecule has 1 heterocycles. The summed E-state index contributed by atoms with van der Waals surface area (Å²) in [5.41, 5.74) is 0.478. The number of amides is 1. The maximum atomic E-state index is 12.9. The number of methoxy groups -OCH3 is 2. The van der Waals surface area contributed by atoms with Gasteiger partial charge in [-0.15, -0.1) is 0 Å². The van der Waals surface area contributed by atoms with Gasteiger partial charge in [0.1, 0.15) is 5.76 Å². The molecule has 0 radical (unpaired) electrons. The zero-order valence-corrected chi connectivity index (χ0v) is 13.8. The minimum absolute atomic E-state index is 0.0910. The van der Waals surface area contributed by atoms with Gasteiger partial charge in [0, 0.05) is 11.6 Å². The molecule has 6 heteroatoms. The SMILES string of the molecule is COc1cc(C(=O)N(Cc2ccco2)C2CC2)cc(Cl)c1OC. The van der Waals surface area contributed by atoms with E-state index in [0.29, 0.717) is 28.6 Å². The highest BCUT2D eigenvalue weighted by molar-refractivity contribution is 6.32. The smallest absolute Gasteiger partial charge is 0.254 e. The van der Waals surface area contributed by atoms with Gasteiger partial charge in [-0.05, 0) is 37.1 Å². The average Bonchev–Trinajstić information content (AvgIpc) is 3.27. The molecule has 1 aromatic carbocycles. The first kappa shape index (κ1) is 15.7. The van der Waals surface area contributed by atoms with E-state index in [2.05, 4.69) is 0 Å². The van der Waals surface area contributed by atoms with Gasteiger partial charge in [-0.25, -0.2) is 0 Å². The Bertz CT molecular complexity index is 695. The molecule has 0 unspecified atom stereocenters. The summed E-state index contributed by atoms with van der Waals surface area (Å²) in [7, 11) is 3.03. The second-order valence-electron chi connectivity index (χ2n) is 5.44. The molecule has 1 aliphatic rings. The number of carbonyl (C=O) groups excluding carboxylic acids is 1. The maximum Gasteiger partial charge on any atom is 0.254 e. The second kappa shape index (κ2) is 6.54. The van der Waals surface area contributed by atoms with Crippen molar-refractivity contribution in [2.45, 2.75) is 25.4 Å². The molecule has 0 aliphatic heterocycles. The Labute approximate surface area is 139 Å². The van der Waals surface area contributed by atoms with Gasteiger partial charge in [0.05, 0.1) is 32.1 Å². The number of carbonyl (C=O) groups is 1. The van der Waals surface area contributed by atoms with Crippen molar-refractivity contribution in [1.82, 2.24) is 4.90 Å². The lowest BCUT2D eigenvalue weighted by Crippen LogP contribution is -2.32. The molecule has 0 atom stereocenters. The molecule has 23 heavy (non-hydrogen) atoms. The summed E-state index contributed by atoms with van der Waals surface area (Å²) < 4.78 is 15.8. The highest BCUT2D eigenvalue weighted by Crippen LogP contribution is 2.37. The van der Waals surface area contributed by atoms with E-state index in [-0.39, 0.29) is 11.9 Å². The van der Waals surface area contributed by atoms with Gasteiger partial charge in [-0.3, -0.25) is 4.79 Å². The Kier molecular flexibility index (Phi) is 4.48. The van der Waals surface area contributed by atoms with E-state index in [4.69, 9.17) is 25.5 Å². The standard InChI is InChI=1S/C17H18ClNO4/c1-21-15-9-11(8-14(18)16(15)22-2)17(20)19(12-5-6-12)10-13-4-3-7-23-13/h3-4,7-9,12H,5-6,10H2,1-2H3. The number of nitrogens with zero attached hydrogens (tertiary/aromatic N) is 1. The van der Waals surface area contributed by atoms with Crippen LogP contribution < -0.4 is 9.47 Å². The van der Waals surface area contributed by atoms with E-state index in [1.165, 1.54) is 14.2 Å². The summed E-state index contributed by atoms with van der Waals surface area (Å²) in [6, 6.07) is 7.20. The van der Waals surface area contributed by atoms with Crippen molar-refractivity contribution in [1.29, 1.82) is 0 Å². The van der Waals surface area contributed by atoms with Gasteiger partial charge >= 0.3 is 0 Å². The third-order valence-corrected chi connectivity index (χ3v) is 4.12. The monoisotopic (exact) mass is 335 g/mol. The van der Waals surface area contributed by atoms with E-state index in [1.807, 2.05) is 17.0 Å². The van der Waals surface area contributed by atoms with Crippen LogP contribution in [-0.4, -0.2) is 31.1 Å². The van der Waals surface area contributed by atoms with Crippen molar-refractivity contribution in [3.05, 3.63) is 46.9 Å². The van der Waals surface area contributed by atoms with Crippen molar-refractivity contribution in [2.24, 2.45) is 0 Å². The van der Waals surface area contributed by atoms with Crippen molar-refractivity contribution >= 4 is 17.5 Å². The Morgan fingerprint density at radius 2 is 2.13 bits per heavy atom. The number of ether oxygens (including phenoxy) is 2. The van der Waals surface area contributed by atoms with E-state index < -0.39 is 0 Å². The van der Waals surface area contributed by atoms with Gasteiger partial charge in [-0.1, -0.05) is 11.6 Å². The number of benzene rings is 1. The zero-order valence-electron chi connectivity index (χ0n) is 13.0. The number of furan rings is 1. The fourth-order valence-corrected chi connectivity index (χ4v) is 2.82. The lowest BCUT2D eigenvalue weighted by molar-refractivity contribution is 0.0717. The van der Waals surface area contributed by atoms with Crippen LogP contribution in [0.1, 0.15) is 29.0 Å². The molecule has 122 valence electrons. The first-order valence-corrected chi connectivity index (χ1v) is 7.76. The molecular weight excluding hydrogens is 318 g/mol. The molecule has 3 rings (SSSR count).